The number of benzene rings is 1. The molecule has 100 valence electrons. The Kier molecular flexibility index (Phi) is 5.13. The van der Waals surface area contributed by atoms with Gasteiger partial charge in [0.1, 0.15) is 0 Å². The molecule has 1 aliphatic rings. The fourth-order valence-corrected chi connectivity index (χ4v) is 3.34. The van der Waals surface area contributed by atoms with Crippen molar-refractivity contribution in [3.63, 3.8) is 0 Å². The summed E-state index contributed by atoms with van der Waals surface area (Å²) >= 11 is 1.80. The van der Waals surface area contributed by atoms with E-state index in [0.717, 1.165) is 5.92 Å². The molecule has 1 aromatic carbocycles. The van der Waals surface area contributed by atoms with E-state index in [-0.39, 0.29) is 0 Å². The number of nitrogens with one attached hydrogen (secondary N) is 1. The Labute approximate surface area is 116 Å². The van der Waals surface area contributed by atoms with Gasteiger partial charge in [-0.05, 0) is 49.6 Å². The second-order valence-electron chi connectivity index (χ2n) is 5.63. The molecule has 3 unspecified atom stereocenters. The quantitative estimate of drug-likeness (QED) is 0.794. The SMILES string of the molecule is CSc1ccc(C(C)NC2CCCC(C)C2)cc1. The predicted molar refractivity (Wildman–Crippen MR) is 81.2 cm³/mol. The molecular formula is C16H25NS. The Morgan fingerprint density at radius 2 is 1.94 bits per heavy atom. The molecule has 2 heteroatoms. The lowest BCUT2D eigenvalue weighted by atomic mass is 9.86. The van der Waals surface area contributed by atoms with E-state index in [0.29, 0.717) is 12.1 Å². The van der Waals surface area contributed by atoms with Crippen LogP contribution in [0.15, 0.2) is 29.2 Å². The van der Waals surface area contributed by atoms with Crippen LogP contribution in [0.1, 0.15) is 51.1 Å². The van der Waals surface area contributed by atoms with Gasteiger partial charge in [0.25, 0.3) is 0 Å². The predicted octanol–water partition coefficient (Wildman–Crippen LogP) is 4.64. The molecule has 0 aliphatic heterocycles. The third-order valence-corrected chi connectivity index (χ3v) is 4.78. The van der Waals surface area contributed by atoms with E-state index in [2.05, 4.69) is 49.7 Å². The standard InChI is InChI=1S/C16H25NS/c1-12-5-4-6-15(11-12)17-13(2)14-7-9-16(18-3)10-8-14/h7-10,12-13,15,17H,4-6,11H2,1-3H3. The molecular weight excluding hydrogens is 238 g/mol. The zero-order chi connectivity index (χ0) is 13.0. The Morgan fingerprint density at radius 3 is 2.56 bits per heavy atom. The fraction of sp³-hybridized carbons (Fsp3) is 0.625. The van der Waals surface area contributed by atoms with E-state index in [1.165, 1.54) is 36.1 Å². The van der Waals surface area contributed by atoms with Crippen molar-refractivity contribution in [2.24, 2.45) is 5.92 Å². The molecule has 2 rings (SSSR count). The minimum atomic E-state index is 0.469. The van der Waals surface area contributed by atoms with Crippen LogP contribution in [0.2, 0.25) is 0 Å². The number of hydrogen-bond acceptors (Lipinski definition) is 2. The average Bonchev–Trinajstić information content (AvgIpc) is 2.39. The summed E-state index contributed by atoms with van der Waals surface area (Å²) < 4.78 is 0. The summed E-state index contributed by atoms with van der Waals surface area (Å²) in [6.07, 6.45) is 7.61. The van der Waals surface area contributed by atoms with E-state index in [1.54, 1.807) is 11.8 Å². The molecule has 1 nitrogen and oxygen atoms in total. The summed E-state index contributed by atoms with van der Waals surface area (Å²) in [5.74, 6) is 0.891. The lowest BCUT2D eigenvalue weighted by Crippen LogP contribution is -2.35. The van der Waals surface area contributed by atoms with Crippen molar-refractivity contribution in [3.8, 4) is 0 Å². The highest BCUT2D eigenvalue weighted by atomic mass is 32.2. The molecule has 0 heterocycles. The van der Waals surface area contributed by atoms with E-state index in [4.69, 9.17) is 0 Å². The lowest BCUT2D eigenvalue weighted by molar-refractivity contribution is 0.285. The monoisotopic (exact) mass is 263 g/mol. The molecule has 0 radical (unpaired) electrons. The minimum Gasteiger partial charge on any atom is -0.307 e. The molecule has 0 bridgehead atoms. The van der Waals surface area contributed by atoms with Crippen LogP contribution in [0.5, 0.6) is 0 Å². The highest BCUT2D eigenvalue weighted by molar-refractivity contribution is 7.98. The van der Waals surface area contributed by atoms with Crippen LogP contribution in [0.3, 0.4) is 0 Å². The second kappa shape index (κ2) is 6.63. The van der Waals surface area contributed by atoms with Gasteiger partial charge in [-0.1, -0.05) is 31.9 Å². The summed E-state index contributed by atoms with van der Waals surface area (Å²) in [6.45, 7) is 4.67. The molecule has 0 amide bonds. The molecule has 0 spiro atoms. The molecule has 1 N–H and O–H groups in total. The topological polar surface area (TPSA) is 12.0 Å². The van der Waals surface area contributed by atoms with Crippen LogP contribution in [0.25, 0.3) is 0 Å². The summed E-state index contributed by atoms with van der Waals surface area (Å²) in [7, 11) is 0. The Morgan fingerprint density at radius 1 is 1.22 bits per heavy atom. The van der Waals surface area contributed by atoms with Crippen LogP contribution in [-0.2, 0) is 0 Å². The normalized spacial score (nSPS) is 25.9. The molecule has 1 saturated carbocycles. The van der Waals surface area contributed by atoms with Crippen LogP contribution in [0.4, 0.5) is 0 Å². The maximum Gasteiger partial charge on any atom is 0.0294 e. The van der Waals surface area contributed by atoms with E-state index >= 15 is 0 Å². The molecule has 18 heavy (non-hydrogen) atoms. The fourth-order valence-electron chi connectivity index (χ4n) is 2.93. The van der Waals surface area contributed by atoms with Crippen LogP contribution in [-0.4, -0.2) is 12.3 Å². The van der Waals surface area contributed by atoms with Gasteiger partial charge in [-0.2, -0.15) is 0 Å². The zero-order valence-electron chi connectivity index (χ0n) is 11.8. The van der Waals surface area contributed by atoms with Gasteiger partial charge < -0.3 is 5.32 Å². The highest BCUT2D eigenvalue weighted by Gasteiger charge is 2.20. The van der Waals surface area contributed by atoms with Crippen molar-refractivity contribution >= 4 is 11.8 Å². The first-order valence-electron chi connectivity index (χ1n) is 7.09. The van der Waals surface area contributed by atoms with Crippen LogP contribution < -0.4 is 5.32 Å². The molecule has 1 aliphatic carbocycles. The van der Waals surface area contributed by atoms with Crippen LogP contribution >= 0.6 is 11.8 Å². The van der Waals surface area contributed by atoms with Gasteiger partial charge in [-0.3, -0.25) is 0 Å². The third kappa shape index (κ3) is 3.76. The molecule has 1 aromatic rings. The maximum atomic E-state index is 3.80. The van der Waals surface area contributed by atoms with Crippen molar-refractivity contribution in [2.75, 3.05) is 6.26 Å². The first-order valence-corrected chi connectivity index (χ1v) is 8.31. The van der Waals surface area contributed by atoms with E-state index in [1.807, 2.05) is 0 Å². The molecule has 0 aromatic heterocycles. The number of hydrogen-bond donors (Lipinski definition) is 1. The summed E-state index contributed by atoms with van der Waals surface area (Å²) in [4.78, 5) is 1.34. The first-order chi connectivity index (χ1) is 8.69. The van der Waals surface area contributed by atoms with E-state index in [9.17, 15) is 0 Å². The van der Waals surface area contributed by atoms with E-state index < -0.39 is 0 Å². The third-order valence-electron chi connectivity index (χ3n) is 4.04. The van der Waals surface area contributed by atoms with Crippen molar-refractivity contribution in [3.05, 3.63) is 29.8 Å². The molecule has 0 saturated heterocycles. The van der Waals surface area contributed by atoms with Crippen molar-refractivity contribution in [1.82, 2.24) is 5.32 Å². The van der Waals surface area contributed by atoms with Gasteiger partial charge in [-0.25, -0.2) is 0 Å². The van der Waals surface area contributed by atoms with Gasteiger partial charge in [-0.15, -0.1) is 11.8 Å². The Hall–Kier alpha value is -0.470. The van der Waals surface area contributed by atoms with Crippen molar-refractivity contribution in [2.45, 2.75) is 56.5 Å². The Balaban J connectivity index is 1.91. The number of rotatable bonds is 4. The summed E-state index contributed by atoms with van der Waals surface area (Å²) in [5, 5.41) is 3.80. The zero-order valence-corrected chi connectivity index (χ0v) is 12.6. The Bertz CT molecular complexity index is 360. The minimum absolute atomic E-state index is 0.469. The summed E-state index contributed by atoms with van der Waals surface area (Å²) in [5.41, 5.74) is 1.41. The maximum absolute atomic E-state index is 3.80. The lowest BCUT2D eigenvalue weighted by Gasteiger charge is -2.30. The smallest absolute Gasteiger partial charge is 0.0294 e. The van der Waals surface area contributed by atoms with Crippen molar-refractivity contribution in [1.29, 1.82) is 0 Å². The number of thioether (sulfide) groups is 1. The summed E-state index contributed by atoms with van der Waals surface area (Å²) in [6, 6.07) is 10.1. The largest absolute Gasteiger partial charge is 0.307 e. The second-order valence-corrected chi connectivity index (χ2v) is 6.51. The van der Waals surface area contributed by atoms with Gasteiger partial charge in [0.05, 0.1) is 0 Å². The molecule has 1 fully saturated rings. The van der Waals surface area contributed by atoms with Crippen LogP contribution in [0, 0.1) is 5.92 Å². The van der Waals surface area contributed by atoms with Gasteiger partial charge in [0, 0.05) is 17.0 Å². The van der Waals surface area contributed by atoms with Gasteiger partial charge in [0.2, 0.25) is 0 Å². The highest BCUT2D eigenvalue weighted by Crippen LogP contribution is 2.26. The first kappa shape index (κ1) is 14.0. The average molecular weight is 263 g/mol. The van der Waals surface area contributed by atoms with Crippen molar-refractivity contribution < 1.29 is 0 Å². The molecule has 3 atom stereocenters. The van der Waals surface area contributed by atoms with Gasteiger partial charge >= 0.3 is 0 Å². The van der Waals surface area contributed by atoms with Gasteiger partial charge in [0.15, 0.2) is 0 Å².